The highest BCUT2D eigenvalue weighted by Crippen LogP contribution is 2.21. The molecule has 1 unspecified atom stereocenters. The van der Waals surface area contributed by atoms with Crippen molar-refractivity contribution >= 4 is 15.9 Å². The molecule has 0 saturated heterocycles. The van der Waals surface area contributed by atoms with E-state index in [9.17, 15) is 18.3 Å². The van der Waals surface area contributed by atoms with Gasteiger partial charge in [-0.2, -0.15) is 4.72 Å². The third-order valence-electron chi connectivity index (χ3n) is 3.49. The summed E-state index contributed by atoms with van der Waals surface area (Å²) in [7, 11) is -4.08. The maximum atomic E-state index is 12.6. The molecule has 2 rings (SSSR count). The van der Waals surface area contributed by atoms with Crippen LogP contribution < -0.4 is 14.9 Å². The van der Waals surface area contributed by atoms with Crippen molar-refractivity contribution in [3.8, 4) is 23.3 Å². The van der Waals surface area contributed by atoms with Gasteiger partial charge in [0.25, 0.3) is 5.91 Å². The van der Waals surface area contributed by atoms with Gasteiger partial charge in [0.05, 0.1) is 4.90 Å². The molecule has 9 heteroatoms. The van der Waals surface area contributed by atoms with Crippen LogP contribution in [0.1, 0.15) is 18.5 Å². The summed E-state index contributed by atoms with van der Waals surface area (Å²) in [6.45, 7) is 1.86. The molecule has 2 aromatic carbocycles. The minimum Gasteiger partial charge on any atom is -0.508 e. The van der Waals surface area contributed by atoms with Crippen LogP contribution in [-0.2, 0) is 14.8 Å². The molecule has 4 N–H and O–H groups in total. The third kappa shape index (κ3) is 5.46. The highest BCUT2D eigenvalue weighted by Gasteiger charge is 2.27. The van der Waals surface area contributed by atoms with Crippen molar-refractivity contribution in [2.45, 2.75) is 17.9 Å². The van der Waals surface area contributed by atoms with Crippen molar-refractivity contribution in [1.29, 1.82) is 0 Å². The zero-order valence-corrected chi connectivity index (χ0v) is 15.2. The summed E-state index contributed by atoms with van der Waals surface area (Å²) in [5.74, 6) is 4.82. The Bertz CT molecular complexity index is 944. The summed E-state index contributed by atoms with van der Waals surface area (Å²) in [5.41, 5.74) is 1.67. The normalized spacial score (nSPS) is 11.8. The molecule has 0 bridgehead atoms. The van der Waals surface area contributed by atoms with Crippen LogP contribution in [0.3, 0.4) is 0 Å². The lowest BCUT2D eigenvalue weighted by molar-refractivity contribution is -0.131. The number of aromatic hydroxyl groups is 1. The Morgan fingerprint density at radius 1 is 1.15 bits per heavy atom. The Kier molecular flexibility index (Phi) is 6.79. The van der Waals surface area contributed by atoms with E-state index < -0.39 is 22.0 Å². The monoisotopic (exact) mass is 390 g/mol. The van der Waals surface area contributed by atoms with E-state index in [0.29, 0.717) is 5.75 Å². The average Bonchev–Trinajstić information content (AvgIpc) is 2.67. The summed E-state index contributed by atoms with van der Waals surface area (Å²) in [6.07, 6.45) is 0. The molecule has 0 spiro atoms. The first-order chi connectivity index (χ1) is 12.9. The van der Waals surface area contributed by atoms with E-state index in [4.69, 9.17) is 9.94 Å². The van der Waals surface area contributed by atoms with Gasteiger partial charge in [-0.05, 0) is 48.9 Å². The third-order valence-corrected chi connectivity index (χ3v) is 4.93. The van der Waals surface area contributed by atoms with Crippen molar-refractivity contribution in [1.82, 2.24) is 10.2 Å². The van der Waals surface area contributed by atoms with Crippen LogP contribution in [0.15, 0.2) is 53.4 Å². The van der Waals surface area contributed by atoms with Crippen LogP contribution in [0.25, 0.3) is 0 Å². The summed E-state index contributed by atoms with van der Waals surface area (Å²) < 4.78 is 32.7. The minimum atomic E-state index is -4.08. The van der Waals surface area contributed by atoms with Crippen molar-refractivity contribution in [3.05, 3.63) is 54.1 Å². The molecular formula is C18H18N2O6S. The summed E-state index contributed by atoms with van der Waals surface area (Å²) >= 11 is 0. The van der Waals surface area contributed by atoms with Crippen molar-refractivity contribution in [2.75, 3.05) is 6.61 Å². The lowest BCUT2D eigenvalue weighted by atomic mass is 10.1. The molecule has 27 heavy (non-hydrogen) atoms. The highest BCUT2D eigenvalue weighted by molar-refractivity contribution is 7.89. The Morgan fingerprint density at radius 3 is 2.33 bits per heavy atom. The molecule has 142 valence electrons. The Hall–Kier alpha value is -3.06. The number of amides is 1. The second-order valence-corrected chi connectivity index (χ2v) is 7.02. The smallest absolute Gasteiger partial charge is 0.266 e. The molecule has 0 aliphatic rings. The topological polar surface area (TPSA) is 125 Å². The standard InChI is InChI=1S/C18H18N2O6S/c1-2-3-12-26-15-8-10-16(11-9-15)27(24,25)20-17(18(22)19-23)13-4-6-14(21)7-5-13/h4-11,17,20-21,23H,12H2,1H3,(H,19,22). The number of hydroxylamine groups is 1. The van der Waals surface area contributed by atoms with Gasteiger partial charge in [-0.15, -0.1) is 5.92 Å². The number of ether oxygens (including phenoxy) is 1. The summed E-state index contributed by atoms with van der Waals surface area (Å²) in [4.78, 5) is 11.8. The zero-order valence-electron chi connectivity index (χ0n) is 14.3. The van der Waals surface area contributed by atoms with E-state index in [1.54, 1.807) is 6.92 Å². The number of benzene rings is 2. The van der Waals surface area contributed by atoms with Gasteiger partial charge in [0.1, 0.15) is 24.1 Å². The largest absolute Gasteiger partial charge is 0.508 e. The lowest BCUT2D eigenvalue weighted by Gasteiger charge is -2.17. The molecule has 0 aromatic heterocycles. The first-order valence-electron chi connectivity index (χ1n) is 7.75. The number of rotatable bonds is 7. The molecule has 0 heterocycles. The van der Waals surface area contributed by atoms with Crippen molar-refractivity contribution in [3.63, 3.8) is 0 Å². The van der Waals surface area contributed by atoms with Crippen LogP contribution in [0.5, 0.6) is 11.5 Å². The second kappa shape index (κ2) is 9.05. The second-order valence-electron chi connectivity index (χ2n) is 5.31. The SMILES string of the molecule is CC#CCOc1ccc(S(=O)(=O)NC(C(=O)NO)c2ccc(O)cc2)cc1. The fraction of sp³-hybridized carbons (Fsp3) is 0.167. The van der Waals surface area contributed by atoms with Gasteiger partial charge in [-0.25, -0.2) is 13.9 Å². The van der Waals surface area contributed by atoms with E-state index in [-0.39, 0.29) is 22.8 Å². The number of phenols is 1. The quantitative estimate of drug-likeness (QED) is 0.321. The number of carbonyl (C=O) groups excluding carboxylic acids is 1. The maximum Gasteiger partial charge on any atom is 0.266 e. The molecule has 0 fully saturated rings. The highest BCUT2D eigenvalue weighted by atomic mass is 32.2. The van der Waals surface area contributed by atoms with E-state index in [1.807, 2.05) is 0 Å². The predicted octanol–water partition coefficient (Wildman–Crippen LogP) is 1.32. The zero-order chi connectivity index (χ0) is 19.9. The van der Waals surface area contributed by atoms with Crippen molar-refractivity contribution < 1.29 is 28.3 Å². The molecule has 0 saturated carbocycles. The molecule has 1 amide bonds. The predicted molar refractivity (Wildman–Crippen MR) is 96.5 cm³/mol. The Balaban J connectivity index is 2.23. The van der Waals surface area contributed by atoms with Gasteiger partial charge in [-0.3, -0.25) is 10.0 Å². The molecule has 8 nitrogen and oxygen atoms in total. The molecule has 0 radical (unpaired) electrons. The Morgan fingerprint density at radius 2 is 1.78 bits per heavy atom. The molecule has 0 aliphatic carbocycles. The number of nitrogens with one attached hydrogen (secondary N) is 2. The van der Waals surface area contributed by atoms with Gasteiger partial charge in [-0.1, -0.05) is 18.1 Å². The van der Waals surface area contributed by atoms with Gasteiger partial charge < -0.3 is 9.84 Å². The van der Waals surface area contributed by atoms with Gasteiger partial charge in [0.2, 0.25) is 10.0 Å². The molecule has 2 aromatic rings. The van der Waals surface area contributed by atoms with Gasteiger partial charge in [0.15, 0.2) is 0 Å². The van der Waals surface area contributed by atoms with Gasteiger partial charge in [0, 0.05) is 0 Å². The number of hydrogen-bond acceptors (Lipinski definition) is 6. The van der Waals surface area contributed by atoms with Crippen molar-refractivity contribution in [2.24, 2.45) is 0 Å². The van der Waals surface area contributed by atoms with E-state index in [2.05, 4.69) is 16.6 Å². The fourth-order valence-corrected chi connectivity index (χ4v) is 3.32. The van der Waals surface area contributed by atoms with E-state index >= 15 is 0 Å². The summed E-state index contributed by atoms with van der Waals surface area (Å²) in [5, 5.41) is 18.3. The van der Waals surface area contributed by atoms with Crippen LogP contribution in [0.4, 0.5) is 0 Å². The molecule has 0 aliphatic heterocycles. The van der Waals surface area contributed by atoms with Crippen LogP contribution >= 0.6 is 0 Å². The average molecular weight is 390 g/mol. The number of sulfonamides is 1. The first-order valence-corrected chi connectivity index (χ1v) is 9.23. The van der Waals surface area contributed by atoms with Crippen LogP contribution in [0, 0.1) is 11.8 Å². The van der Waals surface area contributed by atoms with Crippen LogP contribution in [-0.4, -0.2) is 31.2 Å². The maximum absolute atomic E-state index is 12.6. The van der Waals surface area contributed by atoms with Crippen LogP contribution in [0.2, 0.25) is 0 Å². The number of phenolic OH excluding ortho intramolecular Hbond substituents is 1. The fourth-order valence-electron chi connectivity index (χ4n) is 2.13. The lowest BCUT2D eigenvalue weighted by Crippen LogP contribution is -2.39. The summed E-state index contributed by atoms with van der Waals surface area (Å²) in [6, 6.07) is 9.51. The Labute approximate surface area is 156 Å². The first kappa shape index (κ1) is 20.3. The van der Waals surface area contributed by atoms with E-state index in [1.165, 1.54) is 54.0 Å². The minimum absolute atomic E-state index is 0.0480. The van der Waals surface area contributed by atoms with E-state index in [0.717, 1.165) is 0 Å². The molecule has 1 atom stereocenters. The van der Waals surface area contributed by atoms with Gasteiger partial charge >= 0.3 is 0 Å². The number of hydrogen-bond donors (Lipinski definition) is 4. The number of carbonyl (C=O) groups is 1. The molecular weight excluding hydrogens is 372 g/mol.